The van der Waals surface area contributed by atoms with Crippen LogP contribution in [0.5, 0.6) is 0 Å². The van der Waals surface area contributed by atoms with E-state index in [1.54, 1.807) is 0 Å². The van der Waals surface area contributed by atoms with Gasteiger partial charge in [0, 0.05) is 23.8 Å². The molecule has 3 aromatic rings. The number of aryl methyl sites for hydroxylation is 1. The number of nitrogens with zero attached hydrogens (tertiary/aromatic N) is 3. The van der Waals surface area contributed by atoms with Crippen LogP contribution >= 0.6 is 0 Å². The Kier molecular flexibility index (Phi) is 5.30. The van der Waals surface area contributed by atoms with Crippen molar-refractivity contribution in [2.45, 2.75) is 45.1 Å². The van der Waals surface area contributed by atoms with Crippen LogP contribution in [0.15, 0.2) is 48.5 Å². The molecule has 30 heavy (non-hydrogen) atoms. The molecule has 1 N–H and O–H groups in total. The van der Waals surface area contributed by atoms with Crippen molar-refractivity contribution in [3.05, 3.63) is 59.9 Å². The summed E-state index contributed by atoms with van der Waals surface area (Å²) in [6, 6.07) is 16.6. The van der Waals surface area contributed by atoms with Gasteiger partial charge in [-0.1, -0.05) is 18.6 Å². The highest BCUT2D eigenvalue weighted by molar-refractivity contribution is 5.95. The molecule has 0 radical (unpaired) electrons. The first-order valence-corrected chi connectivity index (χ1v) is 11.3. The number of aromatic nitrogens is 2. The first-order chi connectivity index (χ1) is 14.7. The molecule has 5 heteroatoms. The number of hydrogen-bond acceptors (Lipinski definition) is 3. The predicted octanol–water partition coefficient (Wildman–Crippen LogP) is 4.33. The van der Waals surface area contributed by atoms with E-state index in [0.29, 0.717) is 12.0 Å². The van der Waals surface area contributed by atoms with E-state index in [1.807, 2.05) is 49.4 Å². The fourth-order valence-electron chi connectivity index (χ4n) is 5.30. The van der Waals surface area contributed by atoms with Crippen molar-refractivity contribution >= 4 is 16.9 Å². The first-order valence-electron chi connectivity index (χ1n) is 11.3. The number of fused-ring (bicyclic) bond motifs is 1. The Bertz CT molecular complexity index is 1030. The molecule has 2 fully saturated rings. The van der Waals surface area contributed by atoms with Crippen LogP contribution in [0.1, 0.15) is 48.3 Å². The quantitative estimate of drug-likeness (QED) is 0.709. The summed E-state index contributed by atoms with van der Waals surface area (Å²) < 4.78 is 2.15. The lowest BCUT2D eigenvalue weighted by atomic mass is 9.92. The lowest BCUT2D eigenvalue weighted by Crippen LogP contribution is -2.42. The third kappa shape index (κ3) is 3.52. The third-order valence-corrected chi connectivity index (χ3v) is 6.79. The van der Waals surface area contributed by atoms with Gasteiger partial charge in [-0.25, -0.2) is 4.98 Å². The third-order valence-electron chi connectivity index (χ3n) is 6.79. The van der Waals surface area contributed by atoms with Crippen LogP contribution in [0.25, 0.3) is 16.7 Å². The van der Waals surface area contributed by atoms with E-state index in [4.69, 9.17) is 0 Å². The molecule has 0 spiro atoms. The van der Waals surface area contributed by atoms with Gasteiger partial charge in [0.25, 0.3) is 5.91 Å². The molecule has 5 rings (SSSR count). The van der Waals surface area contributed by atoms with E-state index in [9.17, 15) is 4.79 Å². The SMILES string of the molecule is Cc1nc2ccccc2n1-c1ccc(C(=O)N2CCC[C@H]2[C@H]2CCCCNC2)cc1. The number of rotatable bonds is 3. The Morgan fingerprint density at radius 3 is 2.73 bits per heavy atom. The van der Waals surface area contributed by atoms with E-state index < -0.39 is 0 Å². The van der Waals surface area contributed by atoms with Crippen LogP contribution in [-0.2, 0) is 0 Å². The molecule has 0 bridgehead atoms. The number of likely N-dealkylation sites (tertiary alicyclic amines) is 1. The predicted molar refractivity (Wildman–Crippen MR) is 120 cm³/mol. The Labute approximate surface area is 178 Å². The van der Waals surface area contributed by atoms with Gasteiger partial charge < -0.3 is 10.2 Å². The summed E-state index contributed by atoms with van der Waals surface area (Å²) in [5.41, 5.74) is 3.92. The van der Waals surface area contributed by atoms with Crippen molar-refractivity contribution < 1.29 is 4.79 Å². The Balaban J connectivity index is 1.38. The van der Waals surface area contributed by atoms with E-state index >= 15 is 0 Å². The summed E-state index contributed by atoms with van der Waals surface area (Å²) in [6.07, 6.45) is 6.00. The maximum absolute atomic E-state index is 13.3. The van der Waals surface area contributed by atoms with Gasteiger partial charge in [-0.3, -0.25) is 9.36 Å². The summed E-state index contributed by atoms with van der Waals surface area (Å²) in [5, 5.41) is 3.57. The molecule has 0 unspecified atom stereocenters. The van der Waals surface area contributed by atoms with E-state index in [0.717, 1.165) is 60.6 Å². The fraction of sp³-hybridized carbons (Fsp3) is 0.440. The minimum Gasteiger partial charge on any atom is -0.335 e. The maximum atomic E-state index is 13.3. The van der Waals surface area contributed by atoms with Crippen molar-refractivity contribution in [1.29, 1.82) is 0 Å². The average molecular weight is 403 g/mol. The van der Waals surface area contributed by atoms with Crippen molar-refractivity contribution in [1.82, 2.24) is 19.8 Å². The summed E-state index contributed by atoms with van der Waals surface area (Å²) >= 11 is 0. The van der Waals surface area contributed by atoms with Gasteiger partial charge in [-0.15, -0.1) is 0 Å². The first kappa shape index (κ1) is 19.3. The summed E-state index contributed by atoms with van der Waals surface area (Å²) in [4.78, 5) is 20.2. The number of benzene rings is 2. The Morgan fingerprint density at radius 2 is 1.87 bits per heavy atom. The highest BCUT2D eigenvalue weighted by atomic mass is 16.2. The average Bonchev–Trinajstić information content (AvgIpc) is 3.28. The zero-order valence-electron chi connectivity index (χ0n) is 17.7. The van der Waals surface area contributed by atoms with Crippen LogP contribution in [0.4, 0.5) is 0 Å². The minimum atomic E-state index is 0.181. The molecule has 2 aliphatic heterocycles. The number of imidazole rings is 1. The molecule has 2 aromatic carbocycles. The maximum Gasteiger partial charge on any atom is 0.254 e. The highest BCUT2D eigenvalue weighted by Gasteiger charge is 2.35. The molecule has 2 atom stereocenters. The zero-order chi connectivity index (χ0) is 20.5. The second-order valence-electron chi connectivity index (χ2n) is 8.70. The number of amides is 1. The topological polar surface area (TPSA) is 50.2 Å². The van der Waals surface area contributed by atoms with Gasteiger partial charge in [0.15, 0.2) is 0 Å². The summed E-state index contributed by atoms with van der Waals surface area (Å²) in [5.74, 6) is 1.72. The van der Waals surface area contributed by atoms with Crippen LogP contribution in [0.2, 0.25) is 0 Å². The van der Waals surface area contributed by atoms with Crippen molar-refractivity contribution in [2.24, 2.45) is 5.92 Å². The van der Waals surface area contributed by atoms with Gasteiger partial charge >= 0.3 is 0 Å². The largest absolute Gasteiger partial charge is 0.335 e. The molecule has 2 aliphatic rings. The van der Waals surface area contributed by atoms with Gasteiger partial charge in [-0.05, 0) is 88.0 Å². The lowest BCUT2D eigenvalue weighted by molar-refractivity contribution is 0.0683. The molecule has 2 saturated heterocycles. The van der Waals surface area contributed by atoms with Crippen LogP contribution in [0, 0.1) is 12.8 Å². The number of para-hydroxylation sites is 2. The van der Waals surface area contributed by atoms with Crippen molar-refractivity contribution in [3.63, 3.8) is 0 Å². The number of carbonyl (C=O) groups excluding carboxylic acids is 1. The van der Waals surface area contributed by atoms with Gasteiger partial charge in [-0.2, -0.15) is 0 Å². The molecule has 0 aliphatic carbocycles. The van der Waals surface area contributed by atoms with E-state index in [-0.39, 0.29) is 5.91 Å². The second kappa shape index (κ2) is 8.23. The smallest absolute Gasteiger partial charge is 0.254 e. The lowest BCUT2D eigenvalue weighted by Gasteiger charge is -2.31. The minimum absolute atomic E-state index is 0.181. The van der Waals surface area contributed by atoms with Crippen LogP contribution in [0.3, 0.4) is 0 Å². The Hall–Kier alpha value is -2.66. The van der Waals surface area contributed by atoms with Crippen molar-refractivity contribution in [3.8, 4) is 5.69 Å². The van der Waals surface area contributed by atoms with Gasteiger partial charge in [0.05, 0.1) is 11.0 Å². The number of hydrogen-bond donors (Lipinski definition) is 1. The van der Waals surface area contributed by atoms with Gasteiger partial charge in [0.1, 0.15) is 5.82 Å². The van der Waals surface area contributed by atoms with Crippen LogP contribution < -0.4 is 5.32 Å². The van der Waals surface area contributed by atoms with Crippen molar-refractivity contribution in [2.75, 3.05) is 19.6 Å². The monoisotopic (exact) mass is 402 g/mol. The van der Waals surface area contributed by atoms with Crippen LogP contribution in [-0.4, -0.2) is 46.0 Å². The normalized spacial score (nSPS) is 22.4. The molecular weight excluding hydrogens is 372 g/mol. The standard InChI is InChI=1S/C25H30N4O/c1-18-27-22-8-2-3-9-24(22)29(18)21-13-11-19(12-14-21)25(30)28-16-6-10-23(28)20-7-4-5-15-26-17-20/h2-3,8-9,11-14,20,23,26H,4-7,10,15-17H2,1H3/t20-,23-/m0/s1. The molecule has 1 aromatic heterocycles. The zero-order valence-corrected chi connectivity index (χ0v) is 17.7. The van der Waals surface area contributed by atoms with E-state index in [2.05, 4.69) is 25.8 Å². The molecule has 1 amide bonds. The second-order valence-corrected chi connectivity index (χ2v) is 8.70. The molecule has 3 heterocycles. The number of carbonyl (C=O) groups is 1. The molecular formula is C25H30N4O. The summed E-state index contributed by atoms with van der Waals surface area (Å²) in [7, 11) is 0. The fourth-order valence-corrected chi connectivity index (χ4v) is 5.30. The van der Waals surface area contributed by atoms with E-state index in [1.165, 1.54) is 19.3 Å². The number of nitrogens with one attached hydrogen (secondary N) is 1. The highest BCUT2D eigenvalue weighted by Crippen LogP contribution is 2.30. The molecule has 156 valence electrons. The summed E-state index contributed by atoms with van der Waals surface area (Å²) in [6.45, 7) is 5.06. The Morgan fingerprint density at radius 1 is 1.03 bits per heavy atom. The van der Waals surface area contributed by atoms with Gasteiger partial charge in [0.2, 0.25) is 0 Å². The molecule has 0 saturated carbocycles. The molecule has 5 nitrogen and oxygen atoms in total.